The van der Waals surface area contributed by atoms with Gasteiger partial charge in [0.25, 0.3) is 0 Å². The van der Waals surface area contributed by atoms with Crippen molar-refractivity contribution in [2.24, 2.45) is 0 Å². The van der Waals surface area contributed by atoms with Crippen LogP contribution in [0.25, 0.3) is 0 Å². The summed E-state index contributed by atoms with van der Waals surface area (Å²) in [6.45, 7) is 4.11. The third kappa shape index (κ3) is 2.94. The minimum Gasteiger partial charge on any atom is -0.309 e. The first-order chi connectivity index (χ1) is 9.04. The van der Waals surface area contributed by atoms with Crippen LogP contribution in [0.15, 0.2) is 18.2 Å². The molecule has 1 heterocycles. The maximum absolute atomic E-state index is 13.4. The van der Waals surface area contributed by atoms with Crippen LogP contribution in [-0.4, -0.2) is 16.6 Å². The second-order valence-electron chi connectivity index (χ2n) is 4.56. The Morgan fingerprint density at radius 3 is 2.74 bits per heavy atom. The molecular formula is C13H15ClFN3S. The molecule has 1 unspecified atom stereocenters. The highest BCUT2D eigenvalue weighted by Gasteiger charge is 2.23. The van der Waals surface area contributed by atoms with E-state index in [-0.39, 0.29) is 17.8 Å². The third-order valence-electron chi connectivity index (χ3n) is 2.91. The molecule has 0 saturated carbocycles. The van der Waals surface area contributed by atoms with Gasteiger partial charge in [0.1, 0.15) is 5.82 Å². The smallest absolute Gasteiger partial charge is 0.123 e. The topological polar surface area (TPSA) is 37.8 Å². The zero-order valence-electron chi connectivity index (χ0n) is 10.9. The van der Waals surface area contributed by atoms with Crippen molar-refractivity contribution in [3.63, 3.8) is 0 Å². The minimum absolute atomic E-state index is 0.194. The summed E-state index contributed by atoms with van der Waals surface area (Å²) in [7, 11) is 1.82. The Morgan fingerprint density at radius 2 is 2.11 bits per heavy atom. The molecule has 102 valence electrons. The van der Waals surface area contributed by atoms with E-state index in [9.17, 15) is 4.39 Å². The minimum atomic E-state index is -0.303. The summed E-state index contributed by atoms with van der Waals surface area (Å²) in [5, 5.41) is 7.85. The van der Waals surface area contributed by atoms with Crippen molar-refractivity contribution in [2.45, 2.75) is 25.8 Å². The second-order valence-corrected chi connectivity index (χ2v) is 5.76. The normalized spacial score (nSPS) is 12.9. The first-order valence-electron chi connectivity index (χ1n) is 5.99. The quantitative estimate of drug-likeness (QED) is 0.934. The second kappa shape index (κ2) is 5.94. The molecule has 3 nitrogen and oxygen atoms in total. The number of benzene rings is 1. The van der Waals surface area contributed by atoms with Gasteiger partial charge in [0.15, 0.2) is 0 Å². The molecule has 1 aromatic carbocycles. The standard InChI is InChI=1S/C13H15ClFN3S/c1-7(2)11-13(19-18-17-11)12(16-3)9-6-8(15)4-5-10(9)14/h4-7,12,16H,1-3H3. The van der Waals surface area contributed by atoms with Gasteiger partial charge in [-0.15, -0.1) is 5.10 Å². The van der Waals surface area contributed by atoms with Crippen molar-refractivity contribution in [1.29, 1.82) is 0 Å². The van der Waals surface area contributed by atoms with E-state index in [0.717, 1.165) is 10.6 Å². The summed E-state index contributed by atoms with van der Waals surface area (Å²) >= 11 is 7.49. The van der Waals surface area contributed by atoms with Crippen LogP contribution in [0.2, 0.25) is 5.02 Å². The van der Waals surface area contributed by atoms with Crippen LogP contribution in [0, 0.1) is 5.82 Å². The van der Waals surface area contributed by atoms with Gasteiger partial charge in [0, 0.05) is 5.02 Å². The van der Waals surface area contributed by atoms with Gasteiger partial charge in [-0.25, -0.2) is 4.39 Å². The highest BCUT2D eigenvalue weighted by Crippen LogP contribution is 2.34. The zero-order valence-corrected chi connectivity index (χ0v) is 12.5. The van der Waals surface area contributed by atoms with Gasteiger partial charge in [-0.2, -0.15) is 0 Å². The van der Waals surface area contributed by atoms with Crippen molar-refractivity contribution >= 4 is 23.1 Å². The summed E-state index contributed by atoms with van der Waals surface area (Å²) in [5.41, 5.74) is 1.63. The highest BCUT2D eigenvalue weighted by atomic mass is 35.5. The lowest BCUT2D eigenvalue weighted by molar-refractivity contribution is 0.616. The van der Waals surface area contributed by atoms with Crippen molar-refractivity contribution < 1.29 is 4.39 Å². The van der Waals surface area contributed by atoms with Crippen LogP contribution >= 0.6 is 23.1 Å². The predicted octanol–water partition coefficient (Wildman–Crippen LogP) is 3.76. The molecule has 0 amide bonds. The fraction of sp³-hybridized carbons (Fsp3) is 0.385. The summed E-state index contributed by atoms with van der Waals surface area (Å²) in [6, 6.07) is 4.18. The Kier molecular flexibility index (Phi) is 4.50. The Labute approximate surface area is 121 Å². The molecule has 0 aliphatic rings. The molecule has 0 fully saturated rings. The maximum Gasteiger partial charge on any atom is 0.123 e. The van der Waals surface area contributed by atoms with E-state index in [2.05, 4.69) is 28.8 Å². The molecule has 0 saturated heterocycles. The average molecular weight is 300 g/mol. The van der Waals surface area contributed by atoms with E-state index in [1.807, 2.05) is 7.05 Å². The zero-order chi connectivity index (χ0) is 14.0. The van der Waals surface area contributed by atoms with Gasteiger partial charge < -0.3 is 5.32 Å². The number of hydrogen-bond donors (Lipinski definition) is 1. The first-order valence-corrected chi connectivity index (χ1v) is 7.14. The Balaban J connectivity index is 2.50. The summed E-state index contributed by atoms with van der Waals surface area (Å²) in [4.78, 5) is 0.977. The summed E-state index contributed by atoms with van der Waals surface area (Å²) < 4.78 is 17.4. The fourth-order valence-corrected chi connectivity index (χ4v) is 3.13. The van der Waals surface area contributed by atoms with E-state index in [1.165, 1.54) is 23.7 Å². The van der Waals surface area contributed by atoms with Crippen LogP contribution < -0.4 is 5.32 Å². The molecule has 0 aliphatic heterocycles. The van der Waals surface area contributed by atoms with Crippen LogP contribution in [-0.2, 0) is 0 Å². The monoisotopic (exact) mass is 299 g/mol. The molecule has 19 heavy (non-hydrogen) atoms. The van der Waals surface area contributed by atoms with Crippen LogP contribution in [0.4, 0.5) is 4.39 Å². The van der Waals surface area contributed by atoms with Crippen molar-refractivity contribution in [3.8, 4) is 0 Å². The van der Waals surface area contributed by atoms with E-state index in [1.54, 1.807) is 6.07 Å². The number of nitrogens with zero attached hydrogens (tertiary/aromatic N) is 2. The molecule has 1 aromatic heterocycles. The fourth-order valence-electron chi connectivity index (χ4n) is 1.97. The van der Waals surface area contributed by atoms with E-state index >= 15 is 0 Å². The largest absolute Gasteiger partial charge is 0.309 e. The first kappa shape index (κ1) is 14.4. The summed E-state index contributed by atoms with van der Waals surface area (Å²) in [5.74, 6) is -0.0415. The SMILES string of the molecule is CNC(c1cc(F)ccc1Cl)c1snnc1C(C)C. The highest BCUT2D eigenvalue weighted by molar-refractivity contribution is 7.05. The van der Waals surface area contributed by atoms with Crippen molar-refractivity contribution in [3.05, 3.63) is 45.2 Å². The van der Waals surface area contributed by atoms with E-state index in [4.69, 9.17) is 11.6 Å². The van der Waals surface area contributed by atoms with Gasteiger partial charge in [-0.05, 0) is 48.3 Å². The van der Waals surface area contributed by atoms with E-state index in [0.29, 0.717) is 10.6 Å². The molecule has 0 bridgehead atoms. The molecule has 6 heteroatoms. The number of nitrogens with one attached hydrogen (secondary N) is 1. The lowest BCUT2D eigenvalue weighted by Gasteiger charge is -2.18. The molecule has 2 rings (SSSR count). The lowest BCUT2D eigenvalue weighted by atomic mass is 10.00. The molecular weight excluding hydrogens is 285 g/mol. The Morgan fingerprint density at radius 1 is 1.37 bits per heavy atom. The maximum atomic E-state index is 13.4. The Bertz CT molecular complexity index is 571. The third-order valence-corrected chi connectivity index (χ3v) is 4.06. The molecule has 2 aromatic rings. The van der Waals surface area contributed by atoms with E-state index < -0.39 is 0 Å². The lowest BCUT2D eigenvalue weighted by Crippen LogP contribution is -2.19. The molecule has 1 N–H and O–H groups in total. The predicted molar refractivity (Wildman–Crippen MR) is 76.3 cm³/mol. The summed E-state index contributed by atoms with van der Waals surface area (Å²) in [6.07, 6.45) is 0. The molecule has 0 radical (unpaired) electrons. The van der Waals surface area contributed by atoms with Crippen LogP contribution in [0.5, 0.6) is 0 Å². The number of halogens is 2. The Hall–Kier alpha value is -1.04. The van der Waals surface area contributed by atoms with Gasteiger partial charge in [-0.1, -0.05) is 29.9 Å². The molecule has 0 aliphatic carbocycles. The molecule has 0 spiro atoms. The van der Waals surface area contributed by atoms with Gasteiger partial charge >= 0.3 is 0 Å². The van der Waals surface area contributed by atoms with Crippen molar-refractivity contribution in [2.75, 3.05) is 7.05 Å². The molecule has 1 atom stereocenters. The van der Waals surface area contributed by atoms with Gasteiger partial charge in [-0.3, -0.25) is 0 Å². The van der Waals surface area contributed by atoms with Gasteiger partial charge in [0.2, 0.25) is 0 Å². The average Bonchev–Trinajstić information content (AvgIpc) is 2.84. The van der Waals surface area contributed by atoms with Crippen LogP contribution in [0.1, 0.15) is 41.9 Å². The van der Waals surface area contributed by atoms with Crippen molar-refractivity contribution in [1.82, 2.24) is 14.9 Å². The number of aromatic nitrogens is 2. The van der Waals surface area contributed by atoms with Gasteiger partial charge in [0.05, 0.1) is 16.6 Å². The van der Waals surface area contributed by atoms with Crippen LogP contribution in [0.3, 0.4) is 0 Å². The number of hydrogen-bond acceptors (Lipinski definition) is 4. The number of rotatable bonds is 4.